The number of aromatic nitrogens is 2. The number of rotatable bonds is 3. The Kier molecular flexibility index (Phi) is 4.66. The van der Waals surface area contributed by atoms with Crippen LogP contribution in [0.3, 0.4) is 0 Å². The zero-order valence-corrected chi connectivity index (χ0v) is 16.0. The third-order valence-electron chi connectivity index (χ3n) is 5.90. The van der Waals surface area contributed by atoms with Crippen LogP contribution in [0.15, 0.2) is 22.8 Å². The van der Waals surface area contributed by atoms with Crippen LogP contribution in [0.1, 0.15) is 6.42 Å². The lowest BCUT2D eigenvalue weighted by molar-refractivity contribution is -0.131. The van der Waals surface area contributed by atoms with Gasteiger partial charge in [0.25, 0.3) is 0 Å². The maximum Gasteiger partial charge on any atom is 0.240 e. The molecule has 3 aliphatic heterocycles. The SMILES string of the molecule is O=C([C@@H]1C[C@H](N2CCN(c3ccc4nonc4c3)CC2)CN1)N1CCSC1. The maximum atomic E-state index is 12.6. The number of carbonyl (C=O) groups is 1. The second kappa shape index (κ2) is 7.29. The third-order valence-corrected chi connectivity index (χ3v) is 6.87. The lowest BCUT2D eigenvalue weighted by Crippen LogP contribution is -2.51. The van der Waals surface area contributed by atoms with Gasteiger partial charge in [0, 0.05) is 56.8 Å². The van der Waals surface area contributed by atoms with Crippen molar-refractivity contribution in [3.63, 3.8) is 0 Å². The van der Waals surface area contributed by atoms with Crippen molar-refractivity contribution in [1.82, 2.24) is 25.4 Å². The number of nitrogens with one attached hydrogen (secondary N) is 1. The molecule has 3 saturated heterocycles. The van der Waals surface area contributed by atoms with Gasteiger partial charge in [-0.3, -0.25) is 9.69 Å². The van der Waals surface area contributed by atoms with E-state index in [0.29, 0.717) is 6.04 Å². The zero-order chi connectivity index (χ0) is 18.2. The molecule has 0 saturated carbocycles. The second-order valence-electron chi connectivity index (χ2n) is 7.45. The average Bonchev–Trinajstić information content (AvgIpc) is 3.48. The number of nitrogens with zero attached hydrogens (tertiary/aromatic N) is 5. The largest absolute Gasteiger partial charge is 0.369 e. The van der Waals surface area contributed by atoms with E-state index in [-0.39, 0.29) is 11.9 Å². The Morgan fingerprint density at radius 3 is 2.81 bits per heavy atom. The summed E-state index contributed by atoms with van der Waals surface area (Å²) in [6.45, 7) is 5.80. The normalized spacial score (nSPS) is 27.0. The number of benzene rings is 1. The van der Waals surface area contributed by atoms with Gasteiger partial charge < -0.3 is 15.1 Å². The highest BCUT2D eigenvalue weighted by molar-refractivity contribution is 7.99. The van der Waals surface area contributed by atoms with Crippen molar-refractivity contribution in [3.8, 4) is 0 Å². The minimum absolute atomic E-state index is 0.00574. The molecular formula is C18H24N6O2S. The van der Waals surface area contributed by atoms with E-state index in [0.717, 1.165) is 68.4 Å². The van der Waals surface area contributed by atoms with Crippen molar-refractivity contribution < 1.29 is 9.42 Å². The van der Waals surface area contributed by atoms with E-state index in [1.165, 1.54) is 5.69 Å². The summed E-state index contributed by atoms with van der Waals surface area (Å²) in [4.78, 5) is 19.5. The van der Waals surface area contributed by atoms with Crippen LogP contribution in [0.5, 0.6) is 0 Å². The summed E-state index contributed by atoms with van der Waals surface area (Å²) < 4.78 is 4.79. The fraction of sp³-hybridized carbons (Fsp3) is 0.611. The van der Waals surface area contributed by atoms with Gasteiger partial charge in [-0.05, 0) is 34.9 Å². The van der Waals surface area contributed by atoms with E-state index in [2.05, 4.69) is 31.5 Å². The molecule has 9 heteroatoms. The fourth-order valence-corrected chi connectivity index (χ4v) is 5.26. The van der Waals surface area contributed by atoms with Crippen LogP contribution in [0.2, 0.25) is 0 Å². The molecule has 3 fully saturated rings. The molecule has 144 valence electrons. The van der Waals surface area contributed by atoms with Crippen molar-refractivity contribution in [1.29, 1.82) is 0 Å². The van der Waals surface area contributed by atoms with E-state index >= 15 is 0 Å². The highest BCUT2D eigenvalue weighted by atomic mass is 32.2. The van der Waals surface area contributed by atoms with E-state index in [1.807, 2.05) is 28.8 Å². The molecule has 2 aromatic rings. The van der Waals surface area contributed by atoms with Crippen molar-refractivity contribution in [2.75, 3.05) is 55.8 Å². The van der Waals surface area contributed by atoms with Crippen molar-refractivity contribution in [2.45, 2.75) is 18.5 Å². The Hall–Kier alpha value is -1.84. The monoisotopic (exact) mass is 388 g/mol. The second-order valence-corrected chi connectivity index (χ2v) is 8.52. The minimum Gasteiger partial charge on any atom is -0.369 e. The van der Waals surface area contributed by atoms with Crippen LogP contribution in [0.25, 0.3) is 11.0 Å². The predicted octanol–water partition coefficient (Wildman–Crippen LogP) is 0.608. The summed E-state index contributed by atoms with van der Waals surface area (Å²) in [6.07, 6.45) is 0.927. The molecular weight excluding hydrogens is 364 g/mol. The molecule has 2 atom stereocenters. The lowest BCUT2D eigenvalue weighted by atomic mass is 10.1. The van der Waals surface area contributed by atoms with Gasteiger partial charge in [-0.15, -0.1) is 11.8 Å². The van der Waals surface area contributed by atoms with Gasteiger partial charge in [0.05, 0.1) is 11.9 Å². The van der Waals surface area contributed by atoms with Crippen molar-refractivity contribution in [3.05, 3.63) is 18.2 Å². The lowest BCUT2D eigenvalue weighted by Gasteiger charge is -2.39. The molecule has 1 aromatic heterocycles. The quantitative estimate of drug-likeness (QED) is 0.820. The van der Waals surface area contributed by atoms with Crippen LogP contribution >= 0.6 is 11.8 Å². The number of piperazine rings is 1. The molecule has 8 nitrogen and oxygen atoms in total. The van der Waals surface area contributed by atoms with Gasteiger partial charge in [-0.25, -0.2) is 4.63 Å². The van der Waals surface area contributed by atoms with Crippen LogP contribution < -0.4 is 10.2 Å². The van der Waals surface area contributed by atoms with Crippen LogP contribution in [-0.4, -0.2) is 89.0 Å². The first-order valence-corrected chi connectivity index (χ1v) is 10.7. The van der Waals surface area contributed by atoms with Crippen molar-refractivity contribution in [2.24, 2.45) is 0 Å². The van der Waals surface area contributed by atoms with E-state index in [1.54, 1.807) is 0 Å². The van der Waals surface area contributed by atoms with Gasteiger partial charge in [-0.1, -0.05) is 0 Å². The van der Waals surface area contributed by atoms with Crippen molar-refractivity contribution >= 4 is 34.4 Å². The number of amides is 1. The maximum absolute atomic E-state index is 12.6. The molecule has 1 N–H and O–H groups in total. The van der Waals surface area contributed by atoms with Gasteiger partial charge >= 0.3 is 0 Å². The number of thioether (sulfide) groups is 1. The number of anilines is 1. The molecule has 1 amide bonds. The molecule has 5 rings (SSSR count). The summed E-state index contributed by atoms with van der Waals surface area (Å²) in [5.41, 5.74) is 2.76. The van der Waals surface area contributed by atoms with Crippen LogP contribution in [-0.2, 0) is 4.79 Å². The molecule has 0 bridgehead atoms. The zero-order valence-electron chi connectivity index (χ0n) is 15.2. The average molecular weight is 388 g/mol. The smallest absolute Gasteiger partial charge is 0.240 e. The van der Waals surface area contributed by atoms with Gasteiger partial charge in [0.1, 0.15) is 11.0 Å². The van der Waals surface area contributed by atoms with Gasteiger partial charge in [-0.2, -0.15) is 0 Å². The first-order chi connectivity index (χ1) is 13.3. The topological polar surface area (TPSA) is 77.7 Å². The summed E-state index contributed by atoms with van der Waals surface area (Å²) in [5, 5.41) is 11.3. The van der Waals surface area contributed by atoms with Crippen LogP contribution in [0, 0.1) is 0 Å². The summed E-state index contributed by atoms with van der Waals surface area (Å²) in [6, 6.07) is 6.54. The first kappa shape index (κ1) is 17.3. The van der Waals surface area contributed by atoms with E-state index in [9.17, 15) is 4.79 Å². The van der Waals surface area contributed by atoms with Crippen LogP contribution in [0.4, 0.5) is 5.69 Å². The fourth-order valence-electron chi connectivity index (χ4n) is 4.30. The Labute approximate surface area is 162 Å². The Morgan fingerprint density at radius 2 is 2.00 bits per heavy atom. The molecule has 0 unspecified atom stereocenters. The highest BCUT2D eigenvalue weighted by Crippen LogP contribution is 2.24. The Bertz CT molecular complexity index is 815. The van der Waals surface area contributed by atoms with E-state index < -0.39 is 0 Å². The highest BCUT2D eigenvalue weighted by Gasteiger charge is 2.36. The number of hydrogen-bond donors (Lipinski definition) is 1. The number of carbonyl (C=O) groups excluding carboxylic acids is 1. The summed E-state index contributed by atoms with van der Waals surface area (Å²) in [7, 11) is 0. The molecule has 27 heavy (non-hydrogen) atoms. The molecule has 4 heterocycles. The standard InChI is InChI=1S/C18H24N6O2S/c25-18(24-7-8-27-12-24)17-10-14(11-19-17)23-5-3-22(4-6-23)13-1-2-15-16(9-13)21-26-20-15/h1-2,9,14,17,19H,3-8,10-12H2/t14-,17-/m0/s1. The molecule has 1 aromatic carbocycles. The number of fused-ring (bicyclic) bond motifs is 1. The molecule has 0 aliphatic carbocycles. The predicted molar refractivity (Wildman–Crippen MR) is 105 cm³/mol. The molecule has 3 aliphatic rings. The van der Waals surface area contributed by atoms with Gasteiger partial charge in [0.15, 0.2) is 0 Å². The minimum atomic E-state index is -0.00574. The number of hydrogen-bond acceptors (Lipinski definition) is 8. The molecule has 0 spiro atoms. The Balaban J connectivity index is 1.16. The third kappa shape index (κ3) is 3.39. The summed E-state index contributed by atoms with van der Waals surface area (Å²) >= 11 is 1.84. The Morgan fingerprint density at radius 1 is 1.15 bits per heavy atom. The summed E-state index contributed by atoms with van der Waals surface area (Å²) in [5.74, 6) is 2.21. The van der Waals surface area contributed by atoms with E-state index in [4.69, 9.17) is 4.63 Å². The first-order valence-electron chi connectivity index (χ1n) is 9.59. The van der Waals surface area contributed by atoms with Gasteiger partial charge in [0.2, 0.25) is 5.91 Å². The molecule has 0 radical (unpaired) electrons.